The van der Waals surface area contributed by atoms with E-state index in [9.17, 15) is 10.0 Å². The van der Waals surface area contributed by atoms with Gasteiger partial charge in [-0.05, 0) is 12.1 Å². The summed E-state index contributed by atoms with van der Waals surface area (Å²) in [6.45, 7) is 2.40. The van der Waals surface area contributed by atoms with Crippen LogP contribution >= 0.6 is 0 Å². The van der Waals surface area contributed by atoms with Crippen LogP contribution in [0.4, 0.5) is 11.5 Å². The zero-order valence-corrected chi connectivity index (χ0v) is 12.3. The Bertz CT molecular complexity index is 798. The second-order valence-electron chi connectivity index (χ2n) is 5.33. The number of carbonyl (C=O) groups is 1. The fourth-order valence-corrected chi connectivity index (χ4v) is 2.89. The number of carbonyl (C=O) groups excluding carboxylic acids is 1. The number of nitrogens with zero attached hydrogens (tertiary/aromatic N) is 4. The van der Waals surface area contributed by atoms with Gasteiger partial charge in [0.25, 0.3) is 17.2 Å². The van der Waals surface area contributed by atoms with Crippen LogP contribution in [0.5, 0.6) is 0 Å². The Balaban J connectivity index is 1.85. The molecule has 0 spiro atoms. The summed E-state index contributed by atoms with van der Waals surface area (Å²) >= 11 is 0. The van der Waals surface area contributed by atoms with Gasteiger partial charge in [-0.25, -0.2) is 9.97 Å². The molecule has 0 saturated carbocycles. The number of benzene rings is 1. The minimum absolute atomic E-state index is 0.0932. The molecule has 23 heavy (non-hydrogen) atoms. The number of ketones is 1. The highest BCUT2D eigenvalue weighted by Crippen LogP contribution is 2.34. The molecule has 2 aliphatic heterocycles. The highest BCUT2D eigenvalue weighted by atomic mass is 16.5. The van der Waals surface area contributed by atoms with Crippen molar-refractivity contribution >= 4 is 23.0 Å². The Morgan fingerprint density at radius 3 is 2.61 bits per heavy atom. The SMILES string of the molecule is O=C1C(c2ccccc2)=[N+]([O-])c2c1ncnc2N1CCOCC1. The molecule has 1 saturated heterocycles. The molecule has 116 valence electrons. The third-order valence-electron chi connectivity index (χ3n) is 4.00. The van der Waals surface area contributed by atoms with Gasteiger partial charge in [0, 0.05) is 13.1 Å². The Labute approximate surface area is 132 Å². The number of Topliss-reactive ketones (excluding diaryl/α,β-unsaturated/α-hetero) is 1. The molecule has 4 rings (SSSR count). The number of morpholine rings is 1. The minimum atomic E-state index is -0.363. The molecule has 7 nitrogen and oxygen atoms in total. The summed E-state index contributed by atoms with van der Waals surface area (Å²) in [5.41, 5.74) is 1.07. The zero-order valence-electron chi connectivity index (χ0n) is 12.3. The van der Waals surface area contributed by atoms with E-state index in [-0.39, 0.29) is 22.9 Å². The first-order valence-electron chi connectivity index (χ1n) is 7.39. The molecule has 0 radical (unpaired) electrons. The van der Waals surface area contributed by atoms with E-state index in [0.717, 1.165) is 0 Å². The van der Waals surface area contributed by atoms with Gasteiger partial charge in [-0.2, -0.15) is 4.74 Å². The third-order valence-corrected chi connectivity index (χ3v) is 4.00. The molecule has 1 fully saturated rings. The van der Waals surface area contributed by atoms with Gasteiger partial charge < -0.3 is 14.8 Å². The molecule has 0 atom stereocenters. The highest BCUT2D eigenvalue weighted by Gasteiger charge is 2.41. The Morgan fingerprint density at radius 1 is 1.13 bits per heavy atom. The van der Waals surface area contributed by atoms with Crippen LogP contribution in [0.15, 0.2) is 36.7 Å². The van der Waals surface area contributed by atoms with Crippen LogP contribution in [0, 0.1) is 5.21 Å². The number of anilines is 1. The van der Waals surface area contributed by atoms with Gasteiger partial charge in [-0.3, -0.25) is 4.79 Å². The lowest BCUT2D eigenvalue weighted by atomic mass is 10.1. The second kappa shape index (κ2) is 5.44. The van der Waals surface area contributed by atoms with Crippen molar-refractivity contribution in [1.82, 2.24) is 9.97 Å². The van der Waals surface area contributed by atoms with Crippen molar-refractivity contribution in [3.8, 4) is 0 Å². The minimum Gasteiger partial charge on any atom is -0.618 e. The van der Waals surface area contributed by atoms with E-state index >= 15 is 0 Å². The predicted octanol–water partition coefficient (Wildman–Crippen LogP) is 1.14. The molecule has 0 unspecified atom stereocenters. The van der Waals surface area contributed by atoms with Crippen LogP contribution in [0.25, 0.3) is 0 Å². The van der Waals surface area contributed by atoms with Gasteiger partial charge >= 0.3 is 0 Å². The molecule has 0 bridgehead atoms. The molecule has 0 aliphatic carbocycles. The quantitative estimate of drug-likeness (QED) is 0.611. The maximum absolute atomic E-state index is 12.8. The Hall–Kier alpha value is -2.80. The lowest BCUT2D eigenvalue weighted by Gasteiger charge is -2.27. The van der Waals surface area contributed by atoms with Gasteiger partial charge in [0.05, 0.1) is 18.8 Å². The number of aromatic nitrogens is 2. The second-order valence-corrected chi connectivity index (χ2v) is 5.33. The van der Waals surface area contributed by atoms with Crippen molar-refractivity contribution in [3.05, 3.63) is 53.1 Å². The zero-order chi connectivity index (χ0) is 15.8. The lowest BCUT2D eigenvalue weighted by molar-refractivity contribution is -0.355. The van der Waals surface area contributed by atoms with Crippen LogP contribution in [-0.2, 0) is 4.74 Å². The van der Waals surface area contributed by atoms with Crippen LogP contribution < -0.4 is 4.90 Å². The summed E-state index contributed by atoms with van der Waals surface area (Å²) in [5.74, 6) is 0.130. The fraction of sp³-hybridized carbons (Fsp3) is 0.250. The first-order chi connectivity index (χ1) is 11.3. The summed E-state index contributed by atoms with van der Waals surface area (Å²) in [6, 6.07) is 8.91. The summed E-state index contributed by atoms with van der Waals surface area (Å²) in [6.07, 6.45) is 1.34. The molecule has 2 aliphatic rings. The van der Waals surface area contributed by atoms with E-state index in [4.69, 9.17) is 4.74 Å². The smallest absolute Gasteiger partial charge is 0.290 e. The van der Waals surface area contributed by atoms with Gasteiger partial charge in [-0.15, -0.1) is 0 Å². The molecule has 3 heterocycles. The van der Waals surface area contributed by atoms with E-state index in [2.05, 4.69) is 9.97 Å². The molecular weight excluding hydrogens is 296 g/mol. The predicted molar refractivity (Wildman–Crippen MR) is 83.2 cm³/mol. The Morgan fingerprint density at radius 2 is 1.87 bits per heavy atom. The average Bonchev–Trinajstić information content (AvgIpc) is 2.88. The van der Waals surface area contributed by atoms with Crippen molar-refractivity contribution in [2.75, 3.05) is 31.2 Å². The molecule has 2 aromatic rings. The maximum Gasteiger partial charge on any atom is 0.290 e. The Kier molecular flexibility index (Phi) is 3.27. The molecular formula is C16H14N4O3. The van der Waals surface area contributed by atoms with Crippen LogP contribution in [0.1, 0.15) is 16.1 Å². The number of hydrogen-bond donors (Lipinski definition) is 0. The lowest BCUT2D eigenvalue weighted by Crippen LogP contribution is -2.37. The maximum atomic E-state index is 12.8. The van der Waals surface area contributed by atoms with Crippen LogP contribution in [0.2, 0.25) is 0 Å². The van der Waals surface area contributed by atoms with Gasteiger partial charge in [0.1, 0.15) is 6.33 Å². The molecule has 0 N–H and O–H groups in total. The summed E-state index contributed by atoms with van der Waals surface area (Å²) in [5, 5.41) is 12.8. The first-order valence-corrected chi connectivity index (χ1v) is 7.39. The topological polar surface area (TPSA) is 81.4 Å². The monoisotopic (exact) mass is 310 g/mol. The van der Waals surface area contributed by atoms with Crippen molar-refractivity contribution in [2.24, 2.45) is 0 Å². The van der Waals surface area contributed by atoms with Crippen LogP contribution in [0.3, 0.4) is 0 Å². The summed E-state index contributed by atoms with van der Waals surface area (Å²) in [7, 11) is 0. The molecule has 7 heteroatoms. The first kappa shape index (κ1) is 13.8. The summed E-state index contributed by atoms with van der Waals surface area (Å²) < 4.78 is 5.99. The molecule has 1 aromatic carbocycles. The normalized spacial score (nSPS) is 17.6. The van der Waals surface area contributed by atoms with E-state index in [1.165, 1.54) is 6.33 Å². The number of hydrogen-bond acceptors (Lipinski definition) is 6. The number of rotatable bonds is 2. The number of ether oxygens (including phenoxy) is 1. The van der Waals surface area contributed by atoms with Gasteiger partial charge in [0.2, 0.25) is 5.82 Å². The van der Waals surface area contributed by atoms with Crippen molar-refractivity contribution < 1.29 is 14.3 Å². The third kappa shape index (κ3) is 2.17. The van der Waals surface area contributed by atoms with Gasteiger partial charge in [-0.1, -0.05) is 18.2 Å². The van der Waals surface area contributed by atoms with Gasteiger partial charge in [0.15, 0.2) is 5.69 Å². The fourth-order valence-electron chi connectivity index (χ4n) is 2.89. The van der Waals surface area contributed by atoms with E-state index in [0.29, 0.717) is 42.4 Å². The largest absolute Gasteiger partial charge is 0.618 e. The van der Waals surface area contributed by atoms with E-state index < -0.39 is 0 Å². The highest BCUT2D eigenvalue weighted by molar-refractivity contribution is 6.51. The van der Waals surface area contributed by atoms with E-state index in [1.807, 2.05) is 11.0 Å². The number of fused-ring (bicyclic) bond motifs is 1. The van der Waals surface area contributed by atoms with Crippen LogP contribution in [-0.4, -0.2) is 52.5 Å². The summed E-state index contributed by atoms with van der Waals surface area (Å²) in [4.78, 5) is 22.9. The van der Waals surface area contributed by atoms with Crippen molar-refractivity contribution in [2.45, 2.75) is 0 Å². The van der Waals surface area contributed by atoms with E-state index in [1.54, 1.807) is 24.3 Å². The average molecular weight is 310 g/mol. The standard InChI is InChI=1S/C16H14N4O3/c21-15-12-14(20(22)13(15)11-4-2-1-3-5-11)16(18-10-17-12)19-6-8-23-9-7-19/h1-5,10H,6-9H2. The van der Waals surface area contributed by atoms with Crippen molar-refractivity contribution in [1.29, 1.82) is 0 Å². The molecule has 0 amide bonds. The molecule has 1 aromatic heterocycles. The van der Waals surface area contributed by atoms with Crippen molar-refractivity contribution in [3.63, 3.8) is 0 Å².